The van der Waals surface area contributed by atoms with E-state index in [1.807, 2.05) is 9.80 Å². The highest BCUT2D eigenvalue weighted by Crippen LogP contribution is 2.24. The number of carbonyl (C=O) groups excluding carboxylic acids is 2. The van der Waals surface area contributed by atoms with Crippen LogP contribution in [0.3, 0.4) is 0 Å². The molecule has 0 aromatic heterocycles. The largest absolute Gasteiger partial charge is 0.339 e. The molecule has 0 saturated carbocycles. The average molecular weight is 281 g/mol. The van der Waals surface area contributed by atoms with E-state index in [2.05, 4.69) is 13.8 Å². The van der Waals surface area contributed by atoms with Crippen LogP contribution >= 0.6 is 0 Å². The summed E-state index contributed by atoms with van der Waals surface area (Å²) >= 11 is 0. The van der Waals surface area contributed by atoms with E-state index in [0.717, 1.165) is 12.8 Å². The molecule has 2 fully saturated rings. The van der Waals surface area contributed by atoms with Crippen LogP contribution in [0, 0.1) is 11.8 Å². The number of fused-ring (bicyclic) bond motifs is 1. The Morgan fingerprint density at radius 3 is 2.80 bits per heavy atom. The van der Waals surface area contributed by atoms with Crippen LogP contribution in [0.15, 0.2) is 0 Å². The normalized spacial score (nSPS) is 24.2. The van der Waals surface area contributed by atoms with Crippen LogP contribution in [0.5, 0.6) is 0 Å². The number of nitrogens with two attached hydrogens (primary N) is 1. The van der Waals surface area contributed by atoms with Gasteiger partial charge in [0.25, 0.3) is 0 Å². The zero-order valence-electron chi connectivity index (χ0n) is 12.7. The second-order valence-electron chi connectivity index (χ2n) is 6.55. The minimum absolute atomic E-state index is 0.208. The molecule has 5 heteroatoms. The fourth-order valence-electron chi connectivity index (χ4n) is 3.40. The maximum absolute atomic E-state index is 12.4. The van der Waals surface area contributed by atoms with Gasteiger partial charge in [0, 0.05) is 38.5 Å². The minimum Gasteiger partial charge on any atom is -0.339 e. The van der Waals surface area contributed by atoms with Crippen LogP contribution in [-0.4, -0.2) is 53.8 Å². The summed E-state index contributed by atoms with van der Waals surface area (Å²) in [5.74, 6) is 1.31. The molecule has 2 rings (SSSR count). The molecule has 0 aliphatic carbocycles. The van der Waals surface area contributed by atoms with Gasteiger partial charge in [-0.15, -0.1) is 0 Å². The van der Waals surface area contributed by atoms with Gasteiger partial charge in [-0.3, -0.25) is 9.59 Å². The summed E-state index contributed by atoms with van der Waals surface area (Å²) < 4.78 is 0. The van der Waals surface area contributed by atoms with Crippen LogP contribution in [0.1, 0.15) is 39.5 Å². The molecular formula is C15H27N3O2. The van der Waals surface area contributed by atoms with Crippen molar-refractivity contribution in [2.45, 2.75) is 45.6 Å². The summed E-state index contributed by atoms with van der Waals surface area (Å²) in [5, 5.41) is 0. The Bertz CT molecular complexity index is 370. The number of hydrogen-bond donors (Lipinski definition) is 1. The number of hydrogen-bond acceptors (Lipinski definition) is 3. The van der Waals surface area contributed by atoms with E-state index in [1.54, 1.807) is 0 Å². The Kier molecular flexibility index (Phi) is 5.02. The maximum Gasteiger partial charge on any atom is 0.223 e. The lowest BCUT2D eigenvalue weighted by Crippen LogP contribution is -2.53. The van der Waals surface area contributed by atoms with Gasteiger partial charge in [0.2, 0.25) is 11.8 Å². The van der Waals surface area contributed by atoms with Crippen LogP contribution in [0.2, 0.25) is 0 Å². The first-order valence-corrected chi connectivity index (χ1v) is 7.78. The van der Waals surface area contributed by atoms with Gasteiger partial charge in [-0.2, -0.15) is 0 Å². The zero-order chi connectivity index (χ0) is 14.7. The third-order valence-electron chi connectivity index (χ3n) is 4.45. The van der Waals surface area contributed by atoms with Gasteiger partial charge < -0.3 is 15.5 Å². The van der Waals surface area contributed by atoms with E-state index in [0.29, 0.717) is 44.9 Å². The highest BCUT2D eigenvalue weighted by atomic mass is 16.2. The molecule has 2 amide bonds. The molecule has 0 radical (unpaired) electrons. The molecule has 5 nitrogen and oxygen atoms in total. The summed E-state index contributed by atoms with van der Waals surface area (Å²) in [4.78, 5) is 27.9. The molecule has 0 bridgehead atoms. The van der Waals surface area contributed by atoms with Gasteiger partial charge >= 0.3 is 0 Å². The topological polar surface area (TPSA) is 66.6 Å². The van der Waals surface area contributed by atoms with Crippen molar-refractivity contribution >= 4 is 11.8 Å². The van der Waals surface area contributed by atoms with Crippen molar-refractivity contribution in [3.8, 4) is 0 Å². The van der Waals surface area contributed by atoms with E-state index in [9.17, 15) is 9.59 Å². The quantitative estimate of drug-likeness (QED) is 0.811. The SMILES string of the molecule is CC(C)C[C@H](CN)CC(=O)N1CCN2C(=O)CCC2C1. The van der Waals surface area contributed by atoms with Crippen molar-refractivity contribution < 1.29 is 9.59 Å². The fraction of sp³-hybridized carbons (Fsp3) is 0.867. The molecule has 2 N–H and O–H groups in total. The Balaban J connectivity index is 1.85. The zero-order valence-corrected chi connectivity index (χ0v) is 12.7. The van der Waals surface area contributed by atoms with E-state index in [1.165, 1.54) is 0 Å². The maximum atomic E-state index is 12.4. The second kappa shape index (κ2) is 6.57. The summed E-state index contributed by atoms with van der Waals surface area (Å²) in [5.41, 5.74) is 5.78. The lowest BCUT2D eigenvalue weighted by atomic mass is 9.93. The van der Waals surface area contributed by atoms with E-state index in [-0.39, 0.29) is 23.8 Å². The monoisotopic (exact) mass is 281 g/mol. The van der Waals surface area contributed by atoms with Crippen molar-refractivity contribution in [2.24, 2.45) is 17.6 Å². The molecule has 0 aromatic rings. The summed E-state index contributed by atoms with van der Waals surface area (Å²) in [6.07, 6.45) is 3.10. The molecular weight excluding hydrogens is 254 g/mol. The lowest BCUT2D eigenvalue weighted by Gasteiger charge is -2.38. The molecule has 0 spiro atoms. The average Bonchev–Trinajstić information content (AvgIpc) is 2.78. The van der Waals surface area contributed by atoms with Gasteiger partial charge in [0.1, 0.15) is 0 Å². The van der Waals surface area contributed by atoms with Crippen LogP contribution in [-0.2, 0) is 9.59 Å². The summed E-state index contributed by atoms with van der Waals surface area (Å²) in [6.45, 7) is 6.99. The Hall–Kier alpha value is -1.10. The molecule has 2 atom stereocenters. The molecule has 2 aliphatic rings. The van der Waals surface area contributed by atoms with E-state index in [4.69, 9.17) is 5.73 Å². The smallest absolute Gasteiger partial charge is 0.223 e. The van der Waals surface area contributed by atoms with Crippen LogP contribution < -0.4 is 5.73 Å². The number of amides is 2. The molecule has 2 aliphatic heterocycles. The molecule has 114 valence electrons. The fourth-order valence-corrected chi connectivity index (χ4v) is 3.40. The molecule has 2 saturated heterocycles. The predicted molar refractivity (Wildman–Crippen MR) is 77.9 cm³/mol. The Labute approximate surface area is 121 Å². The summed E-state index contributed by atoms with van der Waals surface area (Å²) in [7, 11) is 0. The first-order valence-electron chi connectivity index (χ1n) is 7.78. The molecule has 20 heavy (non-hydrogen) atoms. The standard InChI is InChI=1S/C15H27N3O2/c1-11(2)7-12(9-16)8-15(20)17-5-6-18-13(10-17)3-4-14(18)19/h11-13H,3-10,16H2,1-2H3/t12-,13?/m0/s1. The van der Waals surface area contributed by atoms with Crippen molar-refractivity contribution in [1.29, 1.82) is 0 Å². The van der Waals surface area contributed by atoms with Crippen LogP contribution in [0.25, 0.3) is 0 Å². The van der Waals surface area contributed by atoms with Crippen molar-refractivity contribution in [2.75, 3.05) is 26.2 Å². The Morgan fingerprint density at radius 2 is 2.15 bits per heavy atom. The molecule has 1 unspecified atom stereocenters. The number of rotatable bonds is 5. The van der Waals surface area contributed by atoms with Crippen LogP contribution in [0.4, 0.5) is 0 Å². The predicted octanol–water partition coefficient (Wildman–Crippen LogP) is 0.831. The third kappa shape index (κ3) is 3.51. The van der Waals surface area contributed by atoms with E-state index >= 15 is 0 Å². The number of nitrogens with zero attached hydrogens (tertiary/aromatic N) is 2. The Morgan fingerprint density at radius 1 is 1.40 bits per heavy atom. The highest BCUT2D eigenvalue weighted by molar-refractivity contribution is 5.80. The van der Waals surface area contributed by atoms with Crippen molar-refractivity contribution in [3.05, 3.63) is 0 Å². The van der Waals surface area contributed by atoms with E-state index < -0.39 is 0 Å². The molecule has 2 heterocycles. The highest BCUT2D eigenvalue weighted by Gasteiger charge is 2.36. The van der Waals surface area contributed by atoms with Gasteiger partial charge in [0.15, 0.2) is 0 Å². The number of carbonyl (C=O) groups is 2. The minimum atomic E-state index is 0.208. The van der Waals surface area contributed by atoms with Gasteiger partial charge in [-0.25, -0.2) is 0 Å². The van der Waals surface area contributed by atoms with Gasteiger partial charge in [0.05, 0.1) is 0 Å². The molecule has 0 aromatic carbocycles. The lowest BCUT2D eigenvalue weighted by molar-refractivity contribution is -0.139. The second-order valence-corrected chi connectivity index (χ2v) is 6.55. The van der Waals surface area contributed by atoms with Gasteiger partial charge in [-0.05, 0) is 31.2 Å². The number of piperazine rings is 1. The van der Waals surface area contributed by atoms with Crippen molar-refractivity contribution in [3.63, 3.8) is 0 Å². The first kappa shape index (κ1) is 15.3. The van der Waals surface area contributed by atoms with Gasteiger partial charge in [-0.1, -0.05) is 13.8 Å². The third-order valence-corrected chi connectivity index (χ3v) is 4.45. The van der Waals surface area contributed by atoms with Crippen molar-refractivity contribution in [1.82, 2.24) is 9.80 Å². The summed E-state index contributed by atoms with van der Waals surface area (Å²) in [6, 6.07) is 0.252. The first-order chi connectivity index (χ1) is 9.51.